The molecule has 4 nitrogen and oxygen atoms in total. The summed E-state index contributed by atoms with van der Waals surface area (Å²) in [6, 6.07) is 16.0. The number of amides is 2. The van der Waals surface area contributed by atoms with Gasteiger partial charge < -0.3 is 5.32 Å². The quantitative estimate of drug-likeness (QED) is 0.720. The van der Waals surface area contributed by atoms with E-state index < -0.39 is 0 Å². The fourth-order valence-corrected chi connectivity index (χ4v) is 4.37. The zero-order chi connectivity index (χ0) is 19.2. The monoisotopic (exact) mass is 382 g/mol. The minimum Gasteiger partial charge on any atom is -0.326 e. The van der Waals surface area contributed by atoms with Crippen LogP contribution in [0, 0.1) is 0 Å². The van der Waals surface area contributed by atoms with Crippen molar-refractivity contribution < 1.29 is 9.59 Å². The van der Waals surface area contributed by atoms with Gasteiger partial charge in [0.25, 0.3) is 0 Å². The third-order valence-corrected chi connectivity index (χ3v) is 5.89. The molecular weight excluding hydrogens is 356 g/mol. The second kappa shape index (κ2) is 9.09. The summed E-state index contributed by atoms with van der Waals surface area (Å²) < 4.78 is 0. The number of carbonyl (C=O) groups is 2. The zero-order valence-corrected chi connectivity index (χ0v) is 16.7. The number of aryl methyl sites for hydroxylation is 1. The van der Waals surface area contributed by atoms with Crippen LogP contribution in [0.1, 0.15) is 49.6 Å². The molecule has 142 valence electrons. The standard InChI is InChI=1S/C22H26N2O2S/c1-3-5-12-20(25)23-18-10-7-9-17(14-18)22-24(21(26)15-27-22)19-11-6-8-16(4-2)13-19/h6-11,13-14,22H,3-5,12,15H2,1-2H3,(H,23,25). The van der Waals surface area contributed by atoms with Gasteiger partial charge in [0.2, 0.25) is 11.8 Å². The van der Waals surface area contributed by atoms with Crippen molar-refractivity contribution in [3.05, 3.63) is 59.7 Å². The lowest BCUT2D eigenvalue weighted by molar-refractivity contribution is -0.116. The summed E-state index contributed by atoms with van der Waals surface area (Å²) in [5.74, 6) is 0.626. The molecule has 2 aromatic carbocycles. The van der Waals surface area contributed by atoms with E-state index in [1.807, 2.05) is 41.3 Å². The number of thioether (sulfide) groups is 1. The molecule has 0 aromatic heterocycles. The molecule has 1 saturated heterocycles. The van der Waals surface area contributed by atoms with Crippen LogP contribution in [-0.4, -0.2) is 17.6 Å². The minimum atomic E-state index is -0.0721. The lowest BCUT2D eigenvalue weighted by Gasteiger charge is -2.25. The van der Waals surface area contributed by atoms with Gasteiger partial charge in [-0.15, -0.1) is 11.8 Å². The van der Waals surface area contributed by atoms with Crippen LogP contribution in [-0.2, 0) is 16.0 Å². The van der Waals surface area contributed by atoms with E-state index in [0.29, 0.717) is 12.2 Å². The number of benzene rings is 2. The number of unbranched alkanes of at least 4 members (excludes halogenated alkanes) is 1. The van der Waals surface area contributed by atoms with E-state index in [4.69, 9.17) is 0 Å². The van der Waals surface area contributed by atoms with Crippen LogP contribution in [0.2, 0.25) is 0 Å². The molecule has 1 aliphatic rings. The third-order valence-electron chi connectivity index (χ3n) is 4.68. The van der Waals surface area contributed by atoms with Gasteiger partial charge in [-0.1, -0.05) is 44.5 Å². The van der Waals surface area contributed by atoms with Crippen LogP contribution in [0.5, 0.6) is 0 Å². The predicted molar refractivity (Wildman–Crippen MR) is 113 cm³/mol. The van der Waals surface area contributed by atoms with Crippen molar-refractivity contribution in [3.63, 3.8) is 0 Å². The summed E-state index contributed by atoms with van der Waals surface area (Å²) in [6.07, 6.45) is 3.36. The van der Waals surface area contributed by atoms with Gasteiger partial charge in [-0.25, -0.2) is 0 Å². The van der Waals surface area contributed by atoms with E-state index in [1.54, 1.807) is 11.8 Å². The van der Waals surface area contributed by atoms with E-state index in [2.05, 4.69) is 31.3 Å². The Kier molecular flexibility index (Phi) is 6.56. The second-order valence-corrected chi connectivity index (χ2v) is 7.80. The van der Waals surface area contributed by atoms with E-state index in [1.165, 1.54) is 5.56 Å². The molecule has 0 aliphatic carbocycles. The molecule has 1 fully saturated rings. The summed E-state index contributed by atoms with van der Waals surface area (Å²) in [5, 5.41) is 2.90. The molecule has 1 unspecified atom stereocenters. The average molecular weight is 383 g/mol. The molecule has 1 N–H and O–H groups in total. The summed E-state index contributed by atoms with van der Waals surface area (Å²) in [4.78, 5) is 26.5. The third kappa shape index (κ3) is 4.72. The molecular formula is C22H26N2O2S. The maximum Gasteiger partial charge on any atom is 0.238 e. The Morgan fingerprint density at radius 2 is 2.00 bits per heavy atom. The van der Waals surface area contributed by atoms with Crippen molar-refractivity contribution in [1.29, 1.82) is 0 Å². The topological polar surface area (TPSA) is 49.4 Å². The molecule has 1 aliphatic heterocycles. The van der Waals surface area contributed by atoms with Crippen molar-refractivity contribution in [2.24, 2.45) is 0 Å². The smallest absolute Gasteiger partial charge is 0.238 e. The summed E-state index contributed by atoms with van der Waals surface area (Å²) in [7, 11) is 0. The number of hydrogen-bond donors (Lipinski definition) is 1. The molecule has 0 radical (unpaired) electrons. The highest BCUT2D eigenvalue weighted by atomic mass is 32.2. The van der Waals surface area contributed by atoms with Crippen LogP contribution in [0.4, 0.5) is 11.4 Å². The molecule has 5 heteroatoms. The van der Waals surface area contributed by atoms with E-state index in [-0.39, 0.29) is 17.2 Å². The van der Waals surface area contributed by atoms with Gasteiger partial charge in [-0.2, -0.15) is 0 Å². The average Bonchev–Trinajstić information content (AvgIpc) is 3.08. The van der Waals surface area contributed by atoms with E-state index in [0.717, 1.165) is 36.2 Å². The second-order valence-electron chi connectivity index (χ2n) is 6.73. The molecule has 27 heavy (non-hydrogen) atoms. The molecule has 3 rings (SSSR count). The largest absolute Gasteiger partial charge is 0.326 e. The van der Waals surface area contributed by atoms with Crippen LogP contribution in [0.25, 0.3) is 0 Å². The van der Waals surface area contributed by atoms with Crippen molar-refractivity contribution in [3.8, 4) is 0 Å². The first-order valence-corrected chi connectivity index (χ1v) is 10.6. The van der Waals surface area contributed by atoms with Crippen LogP contribution < -0.4 is 10.2 Å². The summed E-state index contributed by atoms with van der Waals surface area (Å²) >= 11 is 1.63. The molecule has 0 bridgehead atoms. The van der Waals surface area contributed by atoms with Gasteiger partial charge in [0.1, 0.15) is 5.37 Å². The van der Waals surface area contributed by atoms with Crippen LogP contribution >= 0.6 is 11.8 Å². The number of rotatable bonds is 7. The number of nitrogens with one attached hydrogen (secondary N) is 1. The Bertz CT molecular complexity index is 821. The Balaban J connectivity index is 1.83. The SMILES string of the molecule is CCCCC(=O)Nc1cccc(C2SCC(=O)N2c2cccc(CC)c2)c1. The molecule has 0 spiro atoms. The van der Waals surface area contributed by atoms with E-state index in [9.17, 15) is 9.59 Å². The van der Waals surface area contributed by atoms with Crippen LogP contribution in [0.3, 0.4) is 0 Å². The lowest BCUT2D eigenvalue weighted by atomic mass is 10.1. The lowest BCUT2D eigenvalue weighted by Crippen LogP contribution is -2.28. The highest BCUT2D eigenvalue weighted by molar-refractivity contribution is 8.00. The van der Waals surface area contributed by atoms with Gasteiger partial charge in [0.15, 0.2) is 0 Å². The van der Waals surface area contributed by atoms with Gasteiger partial charge in [0, 0.05) is 17.8 Å². The normalized spacial score (nSPS) is 16.6. The molecule has 1 heterocycles. The fourth-order valence-electron chi connectivity index (χ4n) is 3.21. The highest BCUT2D eigenvalue weighted by Crippen LogP contribution is 2.42. The number of anilines is 2. The van der Waals surface area contributed by atoms with Crippen molar-refractivity contribution in [2.45, 2.75) is 44.9 Å². The van der Waals surface area contributed by atoms with Gasteiger partial charge >= 0.3 is 0 Å². The van der Waals surface area contributed by atoms with Gasteiger partial charge in [0.05, 0.1) is 5.75 Å². The molecule has 2 aromatic rings. The van der Waals surface area contributed by atoms with Gasteiger partial charge in [-0.05, 0) is 48.2 Å². The summed E-state index contributed by atoms with van der Waals surface area (Å²) in [5.41, 5.74) is 3.97. The number of hydrogen-bond acceptors (Lipinski definition) is 3. The molecule has 1 atom stereocenters. The minimum absolute atomic E-state index is 0.0386. The molecule has 0 saturated carbocycles. The van der Waals surface area contributed by atoms with Crippen molar-refractivity contribution in [2.75, 3.05) is 16.0 Å². The first kappa shape index (κ1) is 19.5. The van der Waals surface area contributed by atoms with E-state index >= 15 is 0 Å². The van der Waals surface area contributed by atoms with Crippen LogP contribution in [0.15, 0.2) is 48.5 Å². The first-order valence-electron chi connectivity index (χ1n) is 9.54. The fraction of sp³-hybridized carbons (Fsp3) is 0.364. The Labute approximate surface area is 165 Å². The molecule has 2 amide bonds. The van der Waals surface area contributed by atoms with Gasteiger partial charge in [-0.3, -0.25) is 14.5 Å². The van der Waals surface area contributed by atoms with Crippen molar-refractivity contribution in [1.82, 2.24) is 0 Å². The van der Waals surface area contributed by atoms with Crippen molar-refractivity contribution >= 4 is 35.0 Å². The first-order chi connectivity index (χ1) is 13.1. The Hall–Kier alpha value is -2.27. The number of carbonyl (C=O) groups excluding carboxylic acids is 2. The zero-order valence-electron chi connectivity index (χ0n) is 15.9. The number of nitrogens with zero attached hydrogens (tertiary/aromatic N) is 1. The summed E-state index contributed by atoms with van der Waals surface area (Å²) in [6.45, 7) is 4.19. The Morgan fingerprint density at radius 3 is 2.78 bits per heavy atom. The predicted octanol–water partition coefficient (Wildman–Crippen LogP) is 5.16. The maximum absolute atomic E-state index is 12.6. The Morgan fingerprint density at radius 1 is 1.19 bits per heavy atom. The maximum atomic E-state index is 12.6. The highest BCUT2D eigenvalue weighted by Gasteiger charge is 2.34.